The van der Waals surface area contributed by atoms with E-state index in [9.17, 15) is 0 Å². The topological polar surface area (TPSA) is 18.5 Å². The molecular weight excluding hydrogens is 577 g/mol. The van der Waals surface area contributed by atoms with Crippen LogP contribution in [0.1, 0.15) is 48.3 Å². The second kappa shape index (κ2) is 13.8. The minimum absolute atomic E-state index is 0.270. The zero-order valence-electron chi connectivity index (χ0n) is 25.7. The molecule has 4 heteroatoms. The Kier molecular flexibility index (Phi) is 9.49. The predicted molar refractivity (Wildman–Crippen MR) is 193 cm³/mol. The molecule has 6 aromatic rings. The van der Waals surface area contributed by atoms with Crippen LogP contribution in [0.15, 0.2) is 121 Å². The molecular formula is C40H38O2S2. The van der Waals surface area contributed by atoms with Crippen LogP contribution in [-0.2, 0) is 0 Å². The van der Waals surface area contributed by atoms with Crippen LogP contribution in [0.3, 0.4) is 0 Å². The summed E-state index contributed by atoms with van der Waals surface area (Å²) in [6.07, 6.45) is 1.99. The maximum Gasteiger partial charge on any atom is 0.131 e. The summed E-state index contributed by atoms with van der Waals surface area (Å²) in [6.45, 7) is 4.54. The number of rotatable bonds is 11. The van der Waals surface area contributed by atoms with Crippen LogP contribution in [0.2, 0.25) is 0 Å². The lowest BCUT2D eigenvalue weighted by atomic mass is 9.95. The fourth-order valence-corrected chi connectivity index (χ4v) is 9.59. The van der Waals surface area contributed by atoms with Gasteiger partial charge in [-0.3, -0.25) is 0 Å². The lowest BCUT2D eigenvalue weighted by Gasteiger charge is -2.24. The van der Waals surface area contributed by atoms with Crippen molar-refractivity contribution < 1.29 is 9.47 Å². The van der Waals surface area contributed by atoms with Gasteiger partial charge in [-0.25, -0.2) is 0 Å². The Morgan fingerprint density at radius 1 is 0.455 bits per heavy atom. The quantitative estimate of drug-likeness (QED) is 0.135. The molecule has 2 nitrogen and oxygen atoms in total. The highest BCUT2D eigenvalue weighted by atomic mass is 33.1. The van der Waals surface area contributed by atoms with E-state index in [1.807, 2.05) is 21.6 Å². The molecule has 0 heterocycles. The maximum atomic E-state index is 6.17. The van der Waals surface area contributed by atoms with Crippen molar-refractivity contribution in [1.82, 2.24) is 0 Å². The molecule has 0 aliphatic rings. The second-order valence-electron chi connectivity index (χ2n) is 10.9. The summed E-state index contributed by atoms with van der Waals surface area (Å²) >= 11 is 0. The standard InChI is InChI=1S/C40H38O2S2/c1-5-37(35-25-13-23-33(39(35)41-3)31-21-11-17-27-15-7-9-19-29(27)31)43-44-38(6-2)36-26-14-24-34(40(36)42-4)32-22-12-18-28-16-8-10-20-30(28)32/h7-26,37-38H,5-6H2,1-4H3/t37-,38-/m1/s1. The largest absolute Gasteiger partial charge is 0.496 e. The average Bonchev–Trinajstić information content (AvgIpc) is 3.09. The van der Waals surface area contributed by atoms with E-state index in [1.165, 1.54) is 43.8 Å². The van der Waals surface area contributed by atoms with Gasteiger partial charge in [0, 0.05) is 32.8 Å². The molecule has 0 amide bonds. The Morgan fingerprint density at radius 3 is 1.23 bits per heavy atom. The molecule has 0 fully saturated rings. The molecule has 0 spiro atoms. The second-order valence-corrected chi connectivity index (χ2v) is 13.6. The molecule has 0 saturated heterocycles. The van der Waals surface area contributed by atoms with Crippen molar-refractivity contribution in [2.75, 3.05) is 14.2 Å². The average molecular weight is 615 g/mol. The van der Waals surface area contributed by atoms with Gasteiger partial charge >= 0.3 is 0 Å². The summed E-state index contributed by atoms with van der Waals surface area (Å²) in [5, 5.41) is 5.49. The Labute approximate surface area is 269 Å². The molecule has 222 valence electrons. The molecule has 6 rings (SSSR count). The lowest BCUT2D eigenvalue weighted by Crippen LogP contribution is -2.01. The lowest BCUT2D eigenvalue weighted by molar-refractivity contribution is 0.410. The summed E-state index contributed by atoms with van der Waals surface area (Å²) in [5.74, 6) is 1.93. The van der Waals surface area contributed by atoms with Crippen LogP contribution in [0.5, 0.6) is 11.5 Å². The Hall–Kier alpha value is -3.86. The summed E-state index contributed by atoms with van der Waals surface area (Å²) < 4.78 is 12.3. The fraction of sp³-hybridized carbons (Fsp3) is 0.200. The molecule has 0 unspecified atom stereocenters. The van der Waals surface area contributed by atoms with Crippen molar-refractivity contribution >= 4 is 43.1 Å². The minimum atomic E-state index is 0.270. The van der Waals surface area contributed by atoms with E-state index in [0.717, 1.165) is 35.5 Å². The van der Waals surface area contributed by atoms with Crippen LogP contribution in [0.4, 0.5) is 0 Å². The fourth-order valence-electron chi connectivity index (χ4n) is 6.23. The first kappa shape index (κ1) is 30.2. The summed E-state index contributed by atoms with van der Waals surface area (Å²) in [4.78, 5) is 0. The zero-order chi connectivity index (χ0) is 30.5. The van der Waals surface area contributed by atoms with Crippen LogP contribution < -0.4 is 9.47 Å². The predicted octanol–water partition coefficient (Wildman–Crippen LogP) is 12.3. The number of hydrogen-bond donors (Lipinski definition) is 0. The van der Waals surface area contributed by atoms with Crippen LogP contribution in [0.25, 0.3) is 43.8 Å². The molecule has 0 bridgehead atoms. The number of para-hydroxylation sites is 2. The molecule has 0 saturated carbocycles. The van der Waals surface area contributed by atoms with Gasteiger partial charge in [-0.1, -0.05) is 157 Å². The van der Waals surface area contributed by atoms with Crippen LogP contribution in [0, 0.1) is 0 Å². The molecule has 0 aliphatic heterocycles. The van der Waals surface area contributed by atoms with Crippen LogP contribution >= 0.6 is 21.6 Å². The van der Waals surface area contributed by atoms with Crippen molar-refractivity contribution in [3.05, 3.63) is 132 Å². The van der Waals surface area contributed by atoms with E-state index < -0.39 is 0 Å². The third-order valence-corrected chi connectivity index (χ3v) is 11.9. The highest BCUT2D eigenvalue weighted by molar-refractivity contribution is 8.76. The first-order chi connectivity index (χ1) is 21.7. The monoisotopic (exact) mass is 614 g/mol. The van der Waals surface area contributed by atoms with Gasteiger partial charge in [0.05, 0.1) is 14.2 Å². The van der Waals surface area contributed by atoms with Gasteiger partial charge in [0.15, 0.2) is 0 Å². The van der Waals surface area contributed by atoms with E-state index in [1.54, 1.807) is 14.2 Å². The maximum absolute atomic E-state index is 6.17. The third-order valence-electron chi connectivity index (χ3n) is 8.38. The van der Waals surface area contributed by atoms with E-state index in [0.29, 0.717) is 0 Å². The minimum Gasteiger partial charge on any atom is -0.496 e. The van der Waals surface area contributed by atoms with Crippen LogP contribution in [-0.4, -0.2) is 14.2 Å². The molecule has 0 N–H and O–H groups in total. The Bertz CT molecular complexity index is 1750. The molecule has 0 aromatic heterocycles. The Morgan fingerprint density at radius 2 is 0.818 bits per heavy atom. The number of benzene rings is 6. The van der Waals surface area contributed by atoms with Gasteiger partial charge in [-0.15, -0.1) is 0 Å². The van der Waals surface area contributed by atoms with E-state index >= 15 is 0 Å². The van der Waals surface area contributed by atoms with Gasteiger partial charge < -0.3 is 9.47 Å². The number of hydrogen-bond acceptors (Lipinski definition) is 4. The van der Waals surface area contributed by atoms with Crippen molar-refractivity contribution in [3.8, 4) is 33.8 Å². The van der Waals surface area contributed by atoms with Gasteiger partial charge in [0.1, 0.15) is 11.5 Å². The van der Waals surface area contributed by atoms with Crippen molar-refractivity contribution in [2.24, 2.45) is 0 Å². The van der Waals surface area contributed by atoms with Gasteiger partial charge in [-0.2, -0.15) is 0 Å². The third kappa shape index (κ3) is 5.81. The number of ether oxygens (including phenoxy) is 2. The summed E-state index contributed by atoms with van der Waals surface area (Å²) in [7, 11) is 7.49. The van der Waals surface area contributed by atoms with Gasteiger partial charge in [0.2, 0.25) is 0 Å². The molecule has 44 heavy (non-hydrogen) atoms. The van der Waals surface area contributed by atoms with Crippen molar-refractivity contribution in [1.29, 1.82) is 0 Å². The van der Waals surface area contributed by atoms with Gasteiger partial charge in [-0.05, 0) is 45.5 Å². The van der Waals surface area contributed by atoms with E-state index in [4.69, 9.17) is 9.47 Å². The van der Waals surface area contributed by atoms with Crippen molar-refractivity contribution in [3.63, 3.8) is 0 Å². The Balaban J connectivity index is 1.32. The smallest absolute Gasteiger partial charge is 0.131 e. The number of methoxy groups -OCH3 is 2. The number of fused-ring (bicyclic) bond motifs is 2. The SMILES string of the molecule is CC[C@@H](SS[C@H](CC)c1cccc(-c2cccc3ccccc23)c1OC)c1cccc(-c2cccc3ccccc23)c1OC. The van der Waals surface area contributed by atoms with E-state index in [-0.39, 0.29) is 10.5 Å². The van der Waals surface area contributed by atoms with Gasteiger partial charge in [0.25, 0.3) is 0 Å². The molecule has 2 atom stereocenters. The normalized spacial score (nSPS) is 12.7. The highest BCUT2D eigenvalue weighted by Crippen LogP contribution is 2.54. The summed E-state index contributed by atoms with van der Waals surface area (Å²) in [5.41, 5.74) is 7.17. The molecule has 0 radical (unpaired) electrons. The summed E-state index contributed by atoms with van der Waals surface area (Å²) in [6, 6.07) is 43.4. The zero-order valence-corrected chi connectivity index (χ0v) is 27.4. The highest BCUT2D eigenvalue weighted by Gasteiger charge is 2.24. The molecule has 0 aliphatic carbocycles. The molecule has 6 aromatic carbocycles. The first-order valence-corrected chi connectivity index (χ1v) is 17.6. The first-order valence-electron chi connectivity index (χ1n) is 15.3. The van der Waals surface area contributed by atoms with E-state index in [2.05, 4.69) is 135 Å². The van der Waals surface area contributed by atoms with Crippen molar-refractivity contribution in [2.45, 2.75) is 37.2 Å².